The molecule has 4 atom stereocenters. The molecular formula is C25H30N2O8. The average Bonchev–Trinajstić information content (AvgIpc) is 2.81. The van der Waals surface area contributed by atoms with Gasteiger partial charge in [0.2, 0.25) is 0 Å². The maximum atomic E-state index is 13.2. The number of amides is 1. The van der Waals surface area contributed by atoms with Crippen LogP contribution in [0.5, 0.6) is 5.75 Å². The first-order valence-corrected chi connectivity index (χ1v) is 11.2. The number of carboxylic acids is 2. The van der Waals surface area contributed by atoms with Crippen molar-refractivity contribution in [3.63, 3.8) is 0 Å². The van der Waals surface area contributed by atoms with Crippen molar-refractivity contribution < 1.29 is 38.9 Å². The van der Waals surface area contributed by atoms with Crippen molar-refractivity contribution in [1.82, 2.24) is 5.32 Å². The molecule has 10 heteroatoms. The van der Waals surface area contributed by atoms with Crippen molar-refractivity contribution in [1.29, 1.82) is 0 Å². The third-order valence-corrected chi connectivity index (χ3v) is 5.45. The molecule has 0 heterocycles. The van der Waals surface area contributed by atoms with Gasteiger partial charge in [-0.1, -0.05) is 50.2 Å². The van der Waals surface area contributed by atoms with Gasteiger partial charge < -0.3 is 30.8 Å². The van der Waals surface area contributed by atoms with E-state index in [0.717, 1.165) is 5.39 Å². The van der Waals surface area contributed by atoms with Crippen LogP contribution in [0.2, 0.25) is 0 Å². The fourth-order valence-electron chi connectivity index (χ4n) is 3.65. The highest BCUT2D eigenvalue weighted by Crippen LogP contribution is 2.27. The van der Waals surface area contributed by atoms with Crippen LogP contribution in [-0.2, 0) is 24.0 Å². The number of carboxylic acid groups (broad SMARTS) is 2. The van der Waals surface area contributed by atoms with Crippen molar-refractivity contribution in [2.24, 2.45) is 17.6 Å². The molecule has 2 rings (SSSR count). The largest absolute Gasteiger partial charge is 0.481 e. The fraction of sp³-hybridized carbons (Fsp3) is 0.400. The lowest BCUT2D eigenvalue weighted by atomic mass is 9.88. The van der Waals surface area contributed by atoms with Crippen molar-refractivity contribution in [2.75, 3.05) is 0 Å². The Hall–Kier alpha value is -3.79. The molecular weight excluding hydrogens is 456 g/mol. The van der Waals surface area contributed by atoms with E-state index >= 15 is 0 Å². The number of carbonyl (C=O) groups excluding carboxylic acids is 3. The zero-order valence-electron chi connectivity index (χ0n) is 19.5. The molecule has 0 spiro atoms. The van der Waals surface area contributed by atoms with Gasteiger partial charge in [0.1, 0.15) is 24.0 Å². The van der Waals surface area contributed by atoms with Gasteiger partial charge in [0.15, 0.2) is 11.9 Å². The van der Waals surface area contributed by atoms with Gasteiger partial charge in [-0.15, -0.1) is 0 Å². The lowest BCUT2D eigenvalue weighted by Gasteiger charge is -2.26. The maximum Gasteiger partial charge on any atom is 0.321 e. The summed E-state index contributed by atoms with van der Waals surface area (Å²) in [5, 5.41) is 22.4. The Morgan fingerprint density at radius 1 is 1.06 bits per heavy atom. The Balaban J connectivity index is 2.33. The molecule has 0 fully saturated rings. The number of nitrogens with two attached hydrogens (primary N) is 1. The van der Waals surface area contributed by atoms with Crippen LogP contribution in [0.3, 0.4) is 0 Å². The first-order chi connectivity index (χ1) is 16.5. The monoisotopic (exact) mass is 486 g/mol. The Morgan fingerprint density at radius 3 is 2.31 bits per heavy atom. The molecule has 0 aliphatic rings. The van der Waals surface area contributed by atoms with Gasteiger partial charge in [-0.25, -0.2) is 0 Å². The normalized spacial score (nSPS) is 14.5. The standard InChI is InChI=1S/C25H30N2O8/c1-14(2)12-18(23(31)17(13-28)22(26)25(33)34)27-24(32)20(10-11-21(29)30)35-19-9-5-7-15-6-3-4-8-16(15)19/h3-9,13-14,17-18,20,22H,10-12,26H2,1-2H3,(H,27,32)(H,29,30)(H,33,34)/t17-,18+,20-,22?/m1/s1. The van der Waals surface area contributed by atoms with Crippen molar-refractivity contribution in [3.05, 3.63) is 42.5 Å². The van der Waals surface area contributed by atoms with Gasteiger partial charge in [0.25, 0.3) is 5.91 Å². The van der Waals surface area contributed by atoms with E-state index in [9.17, 15) is 24.0 Å². The number of fused-ring (bicyclic) bond motifs is 1. The summed E-state index contributed by atoms with van der Waals surface area (Å²) in [5.74, 6) is -5.65. The number of aliphatic carboxylic acids is 2. The minimum Gasteiger partial charge on any atom is -0.481 e. The number of carbonyl (C=O) groups is 5. The molecule has 35 heavy (non-hydrogen) atoms. The first kappa shape index (κ1) is 27.5. The summed E-state index contributed by atoms with van der Waals surface area (Å²) >= 11 is 0. The summed E-state index contributed by atoms with van der Waals surface area (Å²) in [6.45, 7) is 3.57. The van der Waals surface area contributed by atoms with Crippen LogP contribution in [0, 0.1) is 11.8 Å². The second-order valence-electron chi connectivity index (χ2n) is 8.64. The number of rotatable bonds is 14. The quantitative estimate of drug-likeness (QED) is 0.229. The molecule has 0 bridgehead atoms. The molecule has 0 saturated carbocycles. The van der Waals surface area contributed by atoms with Gasteiger partial charge >= 0.3 is 11.9 Å². The molecule has 188 valence electrons. The second-order valence-corrected chi connectivity index (χ2v) is 8.64. The van der Waals surface area contributed by atoms with E-state index in [1.807, 2.05) is 18.2 Å². The third-order valence-electron chi connectivity index (χ3n) is 5.45. The third kappa shape index (κ3) is 7.61. The molecule has 2 aromatic rings. The first-order valence-electron chi connectivity index (χ1n) is 11.2. The van der Waals surface area contributed by atoms with Crippen molar-refractivity contribution in [2.45, 2.75) is 51.3 Å². The second kappa shape index (κ2) is 12.6. The highest BCUT2D eigenvalue weighted by atomic mass is 16.5. The summed E-state index contributed by atoms with van der Waals surface area (Å²) in [6.07, 6.45) is -1.54. The fourth-order valence-corrected chi connectivity index (χ4v) is 3.65. The molecule has 0 aromatic heterocycles. The van der Waals surface area contributed by atoms with Gasteiger partial charge in [-0.2, -0.15) is 0 Å². The molecule has 2 aromatic carbocycles. The molecule has 0 aliphatic heterocycles. The van der Waals surface area contributed by atoms with Crippen molar-refractivity contribution in [3.8, 4) is 5.75 Å². The number of aldehydes is 1. The molecule has 5 N–H and O–H groups in total. The highest BCUT2D eigenvalue weighted by Gasteiger charge is 2.37. The van der Waals surface area contributed by atoms with Crippen LogP contribution in [0.4, 0.5) is 0 Å². The maximum absolute atomic E-state index is 13.2. The van der Waals surface area contributed by atoms with Crippen LogP contribution < -0.4 is 15.8 Å². The van der Waals surface area contributed by atoms with E-state index in [0.29, 0.717) is 11.1 Å². The molecule has 10 nitrogen and oxygen atoms in total. The number of ketones is 1. The van der Waals surface area contributed by atoms with Gasteiger partial charge in [0.05, 0.1) is 6.04 Å². The number of hydrogen-bond donors (Lipinski definition) is 4. The van der Waals surface area contributed by atoms with E-state index in [4.69, 9.17) is 20.7 Å². The molecule has 0 radical (unpaired) electrons. The molecule has 0 aliphatic carbocycles. The predicted octanol–water partition coefficient (Wildman–Crippen LogP) is 1.78. The Labute approximate surface area is 202 Å². The summed E-state index contributed by atoms with van der Waals surface area (Å²) in [7, 11) is 0. The van der Waals surface area contributed by atoms with E-state index in [2.05, 4.69) is 5.32 Å². The smallest absolute Gasteiger partial charge is 0.321 e. The minimum absolute atomic E-state index is 0.103. The van der Waals surface area contributed by atoms with E-state index in [1.165, 1.54) is 0 Å². The molecule has 1 amide bonds. The lowest BCUT2D eigenvalue weighted by Crippen LogP contribution is -2.53. The number of ether oxygens (including phenoxy) is 1. The Bertz CT molecular complexity index is 1080. The Morgan fingerprint density at radius 2 is 1.71 bits per heavy atom. The average molecular weight is 487 g/mol. The molecule has 0 saturated heterocycles. The van der Waals surface area contributed by atoms with Gasteiger partial charge in [0, 0.05) is 18.2 Å². The zero-order valence-corrected chi connectivity index (χ0v) is 19.5. The highest BCUT2D eigenvalue weighted by molar-refractivity contribution is 6.03. The number of nitrogens with one attached hydrogen (secondary N) is 1. The SMILES string of the molecule is CC(C)C[C@H](NC(=O)[C@@H](CCC(=O)O)Oc1cccc2ccccc12)C(=O)[C@H](C=O)C(N)C(=O)O. The van der Waals surface area contributed by atoms with E-state index in [-0.39, 0.29) is 31.5 Å². The number of Topliss-reactive ketones (excluding diaryl/α,β-unsaturated/α-hetero) is 1. The van der Waals surface area contributed by atoms with Gasteiger partial charge in [-0.3, -0.25) is 19.2 Å². The zero-order chi connectivity index (χ0) is 26.1. The van der Waals surface area contributed by atoms with E-state index < -0.39 is 47.7 Å². The lowest BCUT2D eigenvalue weighted by molar-refractivity contribution is -0.145. The van der Waals surface area contributed by atoms with Crippen molar-refractivity contribution >= 4 is 40.7 Å². The summed E-state index contributed by atoms with van der Waals surface area (Å²) in [6, 6.07) is 9.55. The summed E-state index contributed by atoms with van der Waals surface area (Å²) < 4.78 is 5.92. The predicted molar refractivity (Wildman–Crippen MR) is 127 cm³/mol. The van der Waals surface area contributed by atoms with Crippen LogP contribution in [-0.4, -0.2) is 58.3 Å². The van der Waals surface area contributed by atoms with Gasteiger partial charge in [-0.05, 0) is 23.8 Å². The van der Waals surface area contributed by atoms with E-state index in [1.54, 1.807) is 38.1 Å². The van der Waals surface area contributed by atoms with Crippen LogP contribution >= 0.6 is 0 Å². The summed E-state index contributed by atoms with van der Waals surface area (Å²) in [5.41, 5.74) is 5.51. The number of benzene rings is 2. The molecule has 1 unspecified atom stereocenters. The van der Waals surface area contributed by atoms with Crippen LogP contribution in [0.15, 0.2) is 42.5 Å². The Kier molecular flexibility index (Phi) is 9.89. The van der Waals surface area contributed by atoms with Crippen LogP contribution in [0.25, 0.3) is 10.8 Å². The summed E-state index contributed by atoms with van der Waals surface area (Å²) in [4.78, 5) is 60.1. The number of hydrogen-bond acceptors (Lipinski definition) is 7. The van der Waals surface area contributed by atoms with Crippen LogP contribution in [0.1, 0.15) is 33.1 Å². The topological polar surface area (TPSA) is 173 Å². The minimum atomic E-state index is -1.76.